The Bertz CT molecular complexity index is 1070. The maximum absolute atomic E-state index is 12.8. The number of aromatic amines is 1. The van der Waals surface area contributed by atoms with Crippen LogP contribution in [0.2, 0.25) is 0 Å². The van der Waals surface area contributed by atoms with Gasteiger partial charge < -0.3 is 5.32 Å². The highest BCUT2D eigenvalue weighted by molar-refractivity contribution is 5.94. The van der Waals surface area contributed by atoms with Crippen molar-refractivity contribution in [1.29, 1.82) is 0 Å². The van der Waals surface area contributed by atoms with Gasteiger partial charge in [-0.05, 0) is 37.7 Å². The number of benzene rings is 1. The second-order valence-corrected chi connectivity index (χ2v) is 7.68. The fourth-order valence-corrected chi connectivity index (χ4v) is 3.85. The molecular weight excluding hydrogens is 354 g/mol. The smallest absolute Gasteiger partial charge is 0.274 e. The van der Waals surface area contributed by atoms with E-state index in [1.165, 1.54) is 4.68 Å². The molecule has 0 radical (unpaired) electrons. The lowest BCUT2D eigenvalue weighted by Crippen LogP contribution is -2.41. The summed E-state index contributed by atoms with van der Waals surface area (Å²) in [5.41, 5.74) is 2.45. The average Bonchev–Trinajstić information content (AvgIpc) is 3.12. The van der Waals surface area contributed by atoms with E-state index in [2.05, 4.69) is 27.5 Å². The summed E-state index contributed by atoms with van der Waals surface area (Å²) in [6.45, 7) is 4.51. The first kappa shape index (κ1) is 18.4. The number of rotatable bonds is 5. The van der Waals surface area contributed by atoms with Gasteiger partial charge >= 0.3 is 0 Å². The number of aryl methyl sites for hydroxylation is 1. The number of nitrogens with one attached hydrogen (secondary N) is 2. The zero-order chi connectivity index (χ0) is 19.7. The molecular formula is C21H25N5O2. The van der Waals surface area contributed by atoms with E-state index < -0.39 is 0 Å². The van der Waals surface area contributed by atoms with Crippen molar-refractivity contribution in [1.82, 2.24) is 25.3 Å². The Balaban J connectivity index is 1.53. The second-order valence-electron chi connectivity index (χ2n) is 7.68. The molecule has 1 aromatic carbocycles. The minimum atomic E-state index is -0.202. The van der Waals surface area contributed by atoms with Crippen LogP contribution in [0.1, 0.15) is 48.4 Å². The molecule has 1 aliphatic carbocycles. The lowest BCUT2D eigenvalue weighted by molar-refractivity contribution is 0.0924. The summed E-state index contributed by atoms with van der Waals surface area (Å²) in [6.07, 6.45) is 5.30. The van der Waals surface area contributed by atoms with Crippen LogP contribution in [0.5, 0.6) is 0 Å². The highest BCUT2D eigenvalue weighted by atomic mass is 16.2. The third-order valence-corrected chi connectivity index (χ3v) is 5.59. The second kappa shape index (κ2) is 7.58. The van der Waals surface area contributed by atoms with Crippen molar-refractivity contribution in [3.05, 3.63) is 57.8 Å². The summed E-state index contributed by atoms with van der Waals surface area (Å²) in [4.78, 5) is 25.5. The molecule has 0 saturated carbocycles. The maximum atomic E-state index is 12.8. The lowest BCUT2D eigenvalue weighted by Gasteiger charge is -2.20. The zero-order valence-corrected chi connectivity index (χ0v) is 16.2. The molecule has 2 aromatic heterocycles. The Morgan fingerprint density at radius 2 is 2.21 bits per heavy atom. The van der Waals surface area contributed by atoms with E-state index in [0.29, 0.717) is 30.0 Å². The quantitative estimate of drug-likeness (QED) is 0.712. The van der Waals surface area contributed by atoms with Crippen LogP contribution >= 0.6 is 0 Å². The van der Waals surface area contributed by atoms with E-state index in [4.69, 9.17) is 0 Å². The van der Waals surface area contributed by atoms with Gasteiger partial charge in [-0.25, -0.2) is 4.68 Å². The molecule has 7 nitrogen and oxygen atoms in total. The van der Waals surface area contributed by atoms with Crippen LogP contribution in [0.25, 0.3) is 10.8 Å². The number of fused-ring (bicyclic) bond motifs is 2. The van der Waals surface area contributed by atoms with Gasteiger partial charge in [0.2, 0.25) is 0 Å². The topological polar surface area (TPSA) is 92.7 Å². The van der Waals surface area contributed by atoms with Crippen molar-refractivity contribution in [2.45, 2.75) is 52.1 Å². The average molecular weight is 379 g/mol. The molecule has 7 heteroatoms. The number of hydrogen-bond donors (Lipinski definition) is 2. The van der Waals surface area contributed by atoms with E-state index in [1.54, 1.807) is 12.3 Å². The Labute approximate surface area is 163 Å². The van der Waals surface area contributed by atoms with Crippen molar-refractivity contribution in [2.24, 2.45) is 5.92 Å². The first-order valence-corrected chi connectivity index (χ1v) is 9.88. The Morgan fingerprint density at radius 1 is 1.39 bits per heavy atom. The first-order valence-electron chi connectivity index (χ1n) is 9.88. The fourth-order valence-electron chi connectivity index (χ4n) is 3.85. The summed E-state index contributed by atoms with van der Waals surface area (Å²) in [5.74, 6) is 0.367. The number of aromatic nitrogens is 4. The van der Waals surface area contributed by atoms with Gasteiger partial charge in [-0.1, -0.05) is 32.0 Å². The van der Waals surface area contributed by atoms with Crippen molar-refractivity contribution in [3.8, 4) is 0 Å². The number of H-pyrrole nitrogens is 1. The van der Waals surface area contributed by atoms with Gasteiger partial charge in [-0.15, -0.1) is 0 Å². The van der Waals surface area contributed by atoms with Gasteiger partial charge in [-0.3, -0.25) is 14.7 Å². The molecule has 146 valence electrons. The molecule has 28 heavy (non-hydrogen) atoms. The van der Waals surface area contributed by atoms with Crippen molar-refractivity contribution >= 4 is 16.7 Å². The van der Waals surface area contributed by atoms with Crippen LogP contribution in [0.4, 0.5) is 0 Å². The van der Waals surface area contributed by atoms with Crippen LogP contribution in [0, 0.1) is 5.92 Å². The SMILES string of the molecule is CC[C@H](Cn1ncc2ccccc2c1=O)NC(=O)c1n[nH]c2c1C[C@@H](C)CC2. The largest absolute Gasteiger partial charge is 0.346 e. The molecule has 0 aliphatic heterocycles. The van der Waals surface area contributed by atoms with E-state index in [-0.39, 0.29) is 17.5 Å². The van der Waals surface area contributed by atoms with Crippen LogP contribution in [-0.4, -0.2) is 31.9 Å². The fraction of sp³-hybridized carbons (Fsp3) is 0.429. The number of amides is 1. The lowest BCUT2D eigenvalue weighted by atomic mass is 9.87. The molecule has 1 amide bonds. The summed E-state index contributed by atoms with van der Waals surface area (Å²) in [6, 6.07) is 7.19. The number of carbonyl (C=O) groups is 1. The molecule has 1 aliphatic rings. The van der Waals surface area contributed by atoms with Crippen LogP contribution in [-0.2, 0) is 19.4 Å². The number of hydrogen-bond acceptors (Lipinski definition) is 4. The number of nitrogens with zero attached hydrogens (tertiary/aromatic N) is 3. The van der Waals surface area contributed by atoms with Gasteiger partial charge in [-0.2, -0.15) is 10.2 Å². The minimum Gasteiger partial charge on any atom is -0.346 e. The predicted octanol–water partition coefficient (Wildman–Crippen LogP) is 2.45. The third kappa shape index (κ3) is 3.44. The van der Waals surface area contributed by atoms with Crippen molar-refractivity contribution in [2.75, 3.05) is 0 Å². The summed E-state index contributed by atoms with van der Waals surface area (Å²) in [7, 11) is 0. The Morgan fingerprint density at radius 3 is 3.04 bits per heavy atom. The van der Waals surface area contributed by atoms with Crippen LogP contribution in [0.3, 0.4) is 0 Å². The highest BCUT2D eigenvalue weighted by Gasteiger charge is 2.26. The molecule has 2 heterocycles. The molecule has 3 aromatic rings. The number of carbonyl (C=O) groups excluding carboxylic acids is 1. The van der Waals surface area contributed by atoms with Gasteiger partial charge in [0.15, 0.2) is 5.69 Å². The molecule has 2 N–H and O–H groups in total. The predicted molar refractivity (Wildman–Crippen MR) is 107 cm³/mol. The van der Waals surface area contributed by atoms with Crippen LogP contribution in [0.15, 0.2) is 35.3 Å². The van der Waals surface area contributed by atoms with E-state index >= 15 is 0 Å². The maximum Gasteiger partial charge on any atom is 0.274 e. The first-order chi connectivity index (χ1) is 13.6. The highest BCUT2D eigenvalue weighted by Crippen LogP contribution is 2.26. The normalized spacial score (nSPS) is 17.3. The van der Waals surface area contributed by atoms with Gasteiger partial charge in [0.1, 0.15) is 0 Å². The van der Waals surface area contributed by atoms with E-state index in [9.17, 15) is 9.59 Å². The summed E-state index contributed by atoms with van der Waals surface area (Å²) in [5, 5.41) is 16.0. The molecule has 2 atom stereocenters. The molecule has 0 saturated heterocycles. The monoisotopic (exact) mass is 379 g/mol. The molecule has 4 rings (SSSR count). The minimum absolute atomic E-state index is 0.142. The van der Waals surface area contributed by atoms with Crippen molar-refractivity contribution < 1.29 is 4.79 Å². The molecule has 0 unspecified atom stereocenters. The Hall–Kier alpha value is -2.96. The van der Waals surface area contributed by atoms with Crippen molar-refractivity contribution in [3.63, 3.8) is 0 Å². The van der Waals surface area contributed by atoms with Gasteiger partial charge in [0.05, 0.1) is 18.1 Å². The molecule has 0 bridgehead atoms. The molecule has 0 fully saturated rings. The third-order valence-electron chi connectivity index (χ3n) is 5.59. The standard InChI is InChI=1S/C21H25N5O2/c1-3-15(12-26-21(28)16-7-5-4-6-14(16)11-22-26)23-20(27)19-17-10-13(2)8-9-18(17)24-25-19/h4-7,11,13,15H,3,8-10,12H2,1-2H3,(H,23,27)(H,24,25)/t13-,15+/m0/s1. The van der Waals surface area contributed by atoms with Gasteiger partial charge in [0, 0.05) is 22.7 Å². The van der Waals surface area contributed by atoms with E-state index in [1.807, 2.05) is 25.1 Å². The van der Waals surface area contributed by atoms with E-state index in [0.717, 1.165) is 35.9 Å². The summed E-state index contributed by atoms with van der Waals surface area (Å²) >= 11 is 0. The summed E-state index contributed by atoms with van der Waals surface area (Å²) < 4.78 is 1.43. The zero-order valence-electron chi connectivity index (χ0n) is 16.2. The molecule has 0 spiro atoms. The van der Waals surface area contributed by atoms with Gasteiger partial charge in [0.25, 0.3) is 11.5 Å². The van der Waals surface area contributed by atoms with Crippen LogP contribution < -0.4 is 10.9 Å². The Kier molecular flexibility index (Phi) is 4.98.